The molecule has 1 unspecified atom stereocenters. The molecular weight excluding hydrogens is 474 g/mol. The molecule has 188 valence electrons. The normalized spacial score (nSPS) is 18.5. The number of nitrogens with zero attached hydrogens (tertiary/aromatic N) is 6. The number of fused-ring (bicyclic) bond motifs is 1. The minimum Gasteiger partial charge on any atom is -0.378 e. The Hall–Kier alpha value is -3.37. The van der Waals surface area contributed by atoms with Crippen LogP contribution in [0.25, 0.3) is 10.9 Å². The standard InChI is InChI=1S/C26H31N7O2S/c1-18(2)22-17-32(24-23(28-9-10-29-24)25(34)31-13-15-35-16-14-31)11-12-33(22)26(36)30-21-7-3-6-20-19(21)5-4-8-27-20/h3-10,18,22H,11-17H2,1-2H3,(H,30,36). The van der Waals surface area contributed by atoms with Gasteiger partial charge in [-0.15, -0.1) is 0 Å². The van der Waals surface area contributed by atoms with E-state index in [1.165, 1.54) is 0 Å². The van der Waals surface area contributed by atoms with E-state index in [4.69, 9.17) is 17.0 Å². The first-order chi connectivity index (χ1) is 17.5. The number of piperazine rings is 1. The van der Waals surface area contributed by atoms with Crippen LogP contribution in [0, 0.1) is 5.92 Å². The Morgan fingerprint density at radius 3 is 2.64 bits per heavy atom. The van der Waals surface area contributed by atoms with Gasteiger partial charge in [0.05, 0.1) is 24.8 Å². The molecule has 36 heavy (non-hydrogen) atoms. The maximum atomic E-state index is 13.3. The molecule has 2 aliphatic heterocycles. The van der Waals surface area contributed by atoms with Gasteiger partial charge < -0.3 is 24.8 Å². The molecule has 2 aliphatic rings. The van der Waals surface area contributed by atoms with Gasteiger partial charge in [-0.05, 0) is 42.4 Å². The first-order valence-corrected chi connectivity index (χ1v) is 12.8. The van der Waals surface area contributed by atoms with Gasteiger partial charge >= 0.3 is 0 Å². The number of carbonyl (C=O) groups excluding carboxylic acids is 1. The molecule has 3 aromatic rings. The topological polar surface area (TPSA) is 86.7 Å². The maximum Gasteiger partial charge on any atom is 0.276 e. The van der Waals surface area contributed by atoms with Crippen molar-refractivity contribution in [1.82, 2.24) is 24.8 Å². The number of hydrogen-bond donors (Lipinski definition) is 1. The van der Waals surface area contributed by atoms with Crippen LogP contribution in [0.3, 0.4) is 0 Å². The van der Waals surface area contributed by atoms with E-state index in [2.05, 4.69) is 43.9 Å². The number of anilines is 2. The lowest BCUT2D eigenvalue weighted by Crippen LogP contribution is -2.58. The third-order valence-electron chi connectivity index (χ3n) is 6.82. The van der Waals surface area contributed by atoms with Gasteiger partial charge in [0.2, 0.25) is 0 Å². The number of hydrogen-bond acceptors (Lipinski definition) is 7. The molecule has 0 bridgehead atoms. The smallest absolute Gasteiger partial charge is 0.276 e. The average Bonchev–Trinajstić information content (AvgIpc) is 2.93. The monoisotopic (exact) mass is 505 g/mol. The van der Waals surface area contributed by atoms with Crippen LogP contribution < -0.4 is 10.2 Å². The van der Waals surface area contributed by atoms with Crippen LogP contribution in [0.5, 0.6) is 0 Å². The largest absolute Gasteiger partial charge is 0.378 e. The number of carbonyl (C=O) groups is 1. The number of amides is 1. The third-order valence-corrected chi connectivity index (χ3v) is 7.15. The summed E-state index contributed by atoms with van der Waals surface area (Å²) < 4.78 is 5.41. The second kappa shape index (κ2) is 10.7. The van der Waals surface area contributed by atoms with Crippen molar-refractivity contribution in [2.45, 2.75) is 19.9 Å². The van der Waals surface area contributed by atoms with E-state index in [0.717, 1.165) is 16.6 Å². The number of rotatable bonds is 4. The molecule has 1 aromatic carbocycles. The van der Waals surface area contributed by atoms with E-state index >= 15 is 0 Å². The van der Waals surface area contributed by atoms with Crippen molar-refractivity contribution in [2.24, 2.45) is 5.92 Å². The van der Waals surface area contributed by atoms with Gasteiger partial charge in [-0.2, -0.15) is 0 Å². The van der Waals surface area contributed by atoms with Crippen molar-refractivity contribution in [3.63, 3.8) is 0 Å². The second-order valence-corrected chi connectivity index (χ2v) is 9.78. The lowest BCUT2D eigenvalue weighted by atomic mass is 9.99. The Balaban J connectivity index is 1.35. The Kier molecular flexibility index (Phi) is 7.24. The van der Waals surface area contributed by atoms with E-state index in [0.29, 0.717) is 68.5 Å². The van der Waals surface area contributed by atoms with E-state index in [1.54, 1.807) is 23.5 Å². The van der Waals surface area contributed by atoms with Crippen LogP contribution in [0.2, 0.25) is 0 Å². The molecule has 0 aliphatic carbocycles. The number of benzene rings is 1. The Labute approximate surface area is 216 Å². The highest BCUT2D eigenvalue weighted by Crippen LogP contribution is 2.27. The highest BCUT2D eigenvalue weighted by Gasteiger charge is 2.34. The average molecular weight is 506 g/mol. The first kappa shape index (κ1) is 24.3. The van der Waals surface area contributed by atoms with Crippen LogP contribution in [-0.4, -0.2) is 87.8 Å². The van der Waals surface area contributed by atoms with Gasteiger partial charge in [0.25, 0.3) is 5.91 Å². The maximum absolute atomic E-state index is 13.3. The molecule has 1 amide bonds. The molecule has 4 heterocycles. The fraction of sp³-hybridized carbons (Fsp3) is 0.423. The molecule has 1 atom stereocenters. The molecule has 2 fully saturated rings. The Bertz CT molecular complexity index is 1240. The van der Waals surface area contributed by atoms with E-state index in [1.807, 2.05) is 30.3 Å². The lowest BCUT2D eigenvalue weighted by molar-refractivity contribution is 0.0299. The van der Waals surface area contributed by atoms with Gasteiger partial charge in [0.1, 0.15) is 0 Å². The van der Waals surface area contributed by atoms with Crippen LogP contribution in [-0.2, 0) is 4.74 Å². The number of morpholine rings is 1. The summed E-state index contributed by atoms with van der Waals surface area (Å²) in [6.45, 7) is 8.72. The zero-order valence-corrected chi connectivity index (χ0v) is 21.4. The van der Waals surface area contributed by atoms with Crippen molar-refractivity contribution < 1.29 is 9.53 Å². The predicted octanol–water partition coefficient (Wildman–Crippen LogP) is 3.04. The zero-order valence-electron chi connectivity index (χ0n) is 20.6. The van der Waals surface area contributed by atoms with Crippen LogP contribution in [0.1, 0.15) is 24.3 Å². The van der Waals surface area contributed by atoms with Gasteiger partial charge in [-0.3, -0.25) is 9.78 Å². The summed E-state index contributed by atoms with van der Waals surface area (Å²) in [5.41, 5.74) is 2.28. The Morgan fingerprint density at radius 1 is 1.03 bits per heavy atom. The van der Waals surface area contributed by atoms with Crippen molar-refractivity contribution >= 4 is 45.6 Å². The van der Waals surface area contributed by atoms with E-state index in [9.17, 15) is 4.79 Å². The van der Waals surface area contributed by atoms with Crippen LogP contribution in [0.4, 0.5) is 11.5 Å². The minimum atomic E-state index is -0.0910. The first-order valence-electron chi connectivity index (χ1n) is 12.4. The summed E-state index contributed by atoms with van der Waals surface area (Å²) in [6.07, 6.45) is 5.04. The van der Waals surface area contributed by atoms with Crippen molar-refractivity contribution in [3.8, 4) is 0 Å². The van der Waals surface area contributed by atoms with E-state index in [-0.39, 0.29) is 11.9 Å². The summed E-state index contributed by atoms with van der Waals surface area (Å²) in [5, 5.41) is 5.19. The number of nitrogens with one attached hydrogen (secondary N) is 1. The van der Waals surface area contributed by atoms with Gasteiger partial charge in [0, 0.05) is 62.4 Å². The highest BCUT2D eigenvalue weighted by molar-refractivity contribution is 7.80. The number of thiocarbonyl (C=S) groups is 1. The summed E-state index contributed by atoms with van der Waals surface area (Å²) >= 11 is 5.90. The molecular formula is C26H31N7O2S. The van der Waals surface area contributed by atoms with Gasteiger partial charge in [-0.1, -0.05) is 19.9 Å². The molecule has 2 saturated heterocycles. The highest BCUT2D eigenvalue weighted by atomic mass is 32.1. The zero-order chi connectivity index (χ0) is 25.1. The van der Waals surface area contributed by atoms with Crippen molar-refractivity contribution in [3.05, 3.63) is 54.6 Å². The summed E-state index contributed by atoms with van der Waals surface area (Å²) in [5.74, 6) is 0.877. The predicted molar refractivity (Wildman–Crippen MR) is 144 cm³/mol. The fourth-order valence-electron chi connectivity index (χ4n) is 4.85. The lowest BCUT2D eigenvalue weighted by Gasteiger charge is -2.45. The van der Waals surface area contributed by atoms with Gasteiger partial charge in [0.15, 0.2) is 16.6 Å². The third kappa shape index (κ3) is 4.96. The SMILES string of the molecule is CC(C)C1CN(c2nccnc2C(=O)N2CCOCC2)CCN1C(=S)Nc1cccc2ncccc12. The molecule has 1 N–H and O–H groups in total. The molecule has 5 rings (SSSR count). The summed E-state index contributed by atoms with van der Waals surface area (Å²) in [7, 11) is 0. The molecule has 9 nitrogen and oxygen atoms in total. The minimum absolute atomic E-state index is 0.0910. The number of ether oxygens (including phenoxy) is 1. The molecule has 2 aromatic heterocycles. The quantitative estimate of drug-likeness (QED) is 0.538. The van der Waals surface area contributed by atoms with Gasteiger partial charge in [-0.25, -0.2) is 9.97 Å². The number of aromatic nitrogens is 3. The van der Waals surface area contributed by atoms with Crippen molar-refractivity contribution in [1.29, 1.82) is 0 Å². The second-order valence-electron chi connectivity index (χ2n) is 9.39. The fourth-order valence-corrected chi connectivity index (χ4v) is 5.19. The van der Waals surface area contributed by atoms with Crippen molar-refractivity contribution in [2.75, 3.05) is 56.2 Å². The summed E-state index contributed by atoms with van der Waals surface area (Å²) in [4.78, 5) is 33.0. The van der Waals surface area contributed by atoms with Crippen LogP contribution in [0.15, 0.2) is 48.9 Å². The van der Waals surface area contributed by atoms with E-state index < -0.39 is 0 Å². The molecule has 0 radical (unpaired) electrons. The number of pyridine rings is 1. The Morgan fingerprint density at radius 2 is 1.83 bits per heavy atom. The van der Waals surface area contributed by atoms with Crippen LogP contribution >= 0.6 is 12.2 Å². The molecule has 10 heteroatoms. The molecule has 0 spiro atoms. The molecule has 0 saturated carbocycles. The summed E-state index contributed by atoms with van der Waals surface area (Å²) in [6, 6.07) is 10.1.